The van der Waals surface area contributed by atoms with Crippen LogP contribution in [-0.4, -0.2) is 22.0 Å². The average Bonchev–Trinajstić information content (AvgIpc) is 3.16. The summed E-state index contributed by atoms with van der Waals surface area (Å²) in [5, 5.41) is 3.57. The standard InChI is InChI=1S/C14H12BrN3O5S3/c1-9-8-13(16-23-9)18-25(19,20)11-4-2-10(3-5-11)17-26(21,22)14-7-6-12(15)24-14/h2-8,17H,1H3,(H,16,18). The van der Waals surface area contributed by atoms with Crippen molar-refractivity contribution < 1.29 is 21.4 Å². The second-order valence-electron chi connectivity index (χ2n) is 5.12. The quantitative estimate of drug-likeness (QED) is 0.561. The van der Waals surface area contributed by atoms with Gasteiger partial charge in [-0.1, -0.05) is 5.16 Å². The van der Waals surface area contributed by atoms with Gasteiger partial charge in [-0.3, -0.25) is 9.44 Å². The predicted molar refractivity (Wildman–Crippen MR) is 101 cm³/mol. The molecular formula is C14H12BrN3O5S3. The molecule has 0 amide bonds. The van der Waals surface area contributed by atoms with E-state index in [0.717, 1.165) is 11.3 Å². The van der Waals surface area contributed by atoms with Crippen LogP contribution in [0, 0.1) is 6.92 Å². The van der Waals surface area contributed by atoms with Gasteiger partial charge in [0.2, 0.25) is 0 Å². The van der Waals surface area contributed by atoms with E-state index in [-0.39, 0.29) is 20.6 Å². The fourth-order valence-corrected chi connectivity index (χ4v) is 6.01. The van der Waals surface area contributed by atoms with Gasteiger partial charge in [0, 0.05) is 11.8 Å². The lowest BCUT2D eigenvalue weighted by Crippen LogP contribution is -2.14. The summed E-state index contributed by atoms with van der Waals surface area (Å²) in [6.07, 6.45) is 0. The number of hydrogen-bond acceptors (Lipinski definition) is 7. The van der Waals surface area contributed by atoms with Crippen molar-refractivity contribution in [2.24, 2.45) is 0 Å². The highest BCUT2D eigenvalue weighted by Gasteiger charge is 2.19. The number of rotatable bonds is 6. The van der Waals surface area contributed by atoms with E-state index in [1.807, 2.05) is 0 Å². The first kappa shape index (κ1) is 18.9. The van der Waals surface area contributed by atoms with Crippen LogP contribution in [0.5, 0.6) is 0 Å². The van der Waals surface area contributed by atoms with Crippen LogP contribution in [0.15, 0.2) is 59.9 Å². The zero-order chi connectivity index (χ0) is 18.9. The molecule has 0 spiro atoms. The van der Waals surface area contributed by atoms with Crippen LogP contribution in [0.4, 0.5) is 11.5 Å². The summed E-state index contributed by atoms with van der Waals surface area (Å²) in [7, 11) is -7.60. The number of aromatic nitrogens is 1. The van der Waals surface area contributed by atoms with Crippen molar-refractivity contribution in [3.63, 3.8) is 0 Å². The average molecular weight is 478 g/mol. The third-order valence-electron chi connectivity index (χ3n) is 3.10. The first-order chi connectivity index (χ1) is 12.2. The van der Waals surface area contributed by atoms with Gasteiger partial charge in [-0.25, -0.2) is 16.8 Å². The van der Waals surface area contributed by atoms with E-state index in [4.69, 9.17) is 4.52 Å². The predicted octanol–water partition coefficient (Wildman–Crippen LogP) is 3.41. The molecule has 0 aliphatic heterocycles. The lowest BCUT2D eigenvalue weighted by atomic mass is 10.3. The molecule has 0 aliphatic rings. The van der Waals surface area contributed by atoms with Gasteiger partial charge >= 0.3 is 0 Å². The Labute approximate surface area is 162 Å². The summed E-state index contributed by atoms with van der Waals surface area (Å²) in [6.45, 7) is 1.64. The smallest absolute Gasteiger partial charge is 0.271 e. The Hall–Kier alpha value is -1.89. The molecule has 2 aromatic heterocycles. The number of nitrogens with zero attached hydrogens (tertiary/aromatic N) is 1. The molecule has 1 aromatic carbocycles. The molecule has 0 unspecified atom stereocenters. The second-order valence-corrected chi connectivity index (χ2v) is 11.2. The number of thiophene rings is 1. The summed E-state index contributed by atoms with van der Waals surface area (Å²) < 4.78 is 59.4. The Balaban J connectivity index is 1.78. The van der Waals surface area contributed by atoms with Crippen LogP contribution < -0.4 is 9.44 Å². The monoisotopic (exact) mass is 477 g/mol. The Morgan fingerprint density at radius 2 is 1.69 bits per heavy atom. The van der Waals surface area contributed by atoms with E-state index in [2.05, 4.69) is 30.5 Å². The summed E-state index contributed by atoms with van der Waals surface area (Å²) in [5.41, 5.74) is 0.241. The number of benzene rings is 1. The maximum Gasteiger partial charge on any atom is 0.271 e. The number of sulfonamides is 2. The van der Waals surface area contributed by atoms with Crippen LogP contribution in [0.25, 0.3) is 0 Å². The van der Waals surface area contributed by atoms with E-state index in [9.17, 15) is 16.8 Å². The van der Waals surface area contributed by atoms with Gasteiger partial charge in [-0.05, 0) is 59.3 Å². The molecule has 8 nitrogen and oxygen atoms in total. The summed E-state index contributed by atoms with van der Waals surface area (Å²) >= 11 is 4.28. The summed E-state index contributed by atoms with van der Waals surface area (Å²) in [6, 6.07) is 9.85. The van der Waals surface area contributed by atoms with Gasteiger partial charge in [-0.15, -0.1) is 11.3 Å². The minimum atomic E-state index is -3.86. The van der Waals surface area contributed by atoms with Gasteiger partial charge < -0.3 is 4.52 Å². The Kier molecular flexibility index (Phi) is 5.10. The van der Waals surface area contributed by atoms with E-state index < -0.39 is 20.0 Å². The number of halogens is 1. The molecule has 2 N–H and O–H groups in total. The van der Waals surface area contributed by atoms with Gasteiger partial charge in [0.15, 0.2) is 5.82 Å². The molecule has 0 saturated carbocycles. The van der Waals surface area contributed by atoms with Gasteiger partial charge in [0.05, 0.1) is 8.68 Å². The van der Waals surface area contributed by atoms with Crippen molar-refractivity contribution in [2.75, 3.05) is 9.44 Å². The maximum atomic E-state index is 12.3. The molecule has 3 rings (SSSR count). The highest BCUT2D eigenvalue weighted by Crippen LogP contribution is 2.28. The van der Waals surface area contributed by atoms with Crippen LogP contribution >= 0.6 is 27.3 Å². The molecule has 3 aromatic rings. The fourth-order valence-electron chi connectivity index (χ4n) is 1.96. The van der Waals surface area contributed by atoms with E-state index in [1.54, 1.807) is 13.0 Å². The third kappa shape index (κ3) is 4.26. The lowest BCUT2D eigenvalue weighted by Gasteiger charge is -2.08. The first-order valence-electron chi connectivity index (χ1n) is 7.00. The van der Waals surface area contributed by atoms with Crippen molar-refractivity contribution in [1.29, 1.82) is 0 Å². The SMILES string of the molecule is Cc1cc(NS(=O)(=O)c2ccc(NS(=O)(=O)c3ccc(Br)s3)cc2)no1. The van der Waals surface area contributed by atoms with Crippen LogP contribution in [-0.2, 0) is 20.0 Å². The number of hydrogen-bond donors (Lipinski definition) is 2. The van der Waals surface area contributed by atoms with Crippen molar-refractivity contribution in [3.05, 3.63) is 52.0 Å². The fraction of sp³-hybridized carbons (Fsp3) is 0.0714. The number of aryl methyl sites for hydroxylation is 1. The number of anilines is 2. The molecule has 138 valence electrons. The topological polar surface area (TPSA) is 118 Å². The van der Waals surface area contributed by atoms with Crippen LogP contribution in [0.2, 0.25) is 0 Å². The van der Waals surface area contributed by atoms with Crippen molar-refractivity contribution in [2.45, 2.75) is 16.0 Å². The van der Waals surface area contributed by atoms with E-state index in [1.165, 1.54) is 36.4 Å². The normalized spacial score (nSPS) is 12.1. The minimum Gasteiger partial charge on any atom is -0.360 e. The highest BCUT2D eigenvalue weighted by molar-refractivity contribution is 9.11. The first-order valence-corrected chi connectivity index (χ1v) is 11.6. The summed E-state index contributed by atoms with van der Waals surface area (Å²) in [4.78, 5) is -0.0417. The zero-order valence-corrected chi connectivity index (χ0v) is 17.2. The van der Waals surface area contributed by atoms with Crippen LogP contribution in [0.1, 0.15) is 5.76 Å². The Bertz CT molecular complexity index is 1130. The van der Waals surface area contributed by atoms with Gasteiger partial charge in [-0.2, -0.15) is 0 Å². The molecule has 26 heavy (non-hydrogen) atoms. The highest BCUT2D eigenvalue weighted by atomic mass is 79.9. The van der Waals surface area contributed by atoms with Crippen molar-refractivity contribution >= 4 is 58.8 Å². The van der Waals surface area contributed by atoms with Crippen LogP contribution in [0.3, 0.4) is 0 Å². The second kappa shape index (κ2) is 7.02. The van der Waals surface area contributed by atoms with Gasteiger partial charge in [0.1, 0.15) is 9.97 Å². The largest absolute Gasteiger partial charge is 0.360 e. The third-order valence-corrected chi connectivity index (χ3v) is 7.96. The minimum absolute atomic E-state index is 0.0417. The zero-order valence-electron chi connectivity index (χ0n) is 13.1. The molecule has 0 fully saturated rings. The maximum absolute atomic E-state index is 12.3. The van der Waals surface area contributed by atoms with Crippen molar-refractivity contribution in [1.82, 2.24) is 5.16 Å². The lowest BCUT2D eigenvalue weighted by molar-refractivity contribution is 0.400. The van der Waals surface area contributed by atoms with E-state index >= 15 is 0 Å². The van der Waals surface area contributed by atoms with Crippen molar-refractivity contribution in [3.8, 4) is 0 Å². The molecule has 0 radical (unpaired) electrons. The Morgan fingerprint density at radius 1 is 1.00 bits per heavy atom. The summed E-state index contributed by atoms with van der Waals surface area (Å²) in [5.74, 6) is 0.531. The Morgan fingerprint density at radius 3 is 2.23 bits per heavy atom. The van der Waals surface area contributed by atoms with E-state index in [0.29, 0.717) is 9.55 Å². The molecule has 0 bridgehead atoms. The molecule has 0 aliphatic carbocycles. The van der Waals surface area contributed by atoms with Gasteiger partial charge in [0.25, 0.3) is 20.0 Å². The molecule has 12 heteroatoms. The molecule has 0 saturated heterocycles. The molecule has 0 atom stereocenters. The molecular weight excluding hydrogens is 466 g/mol. The molecule has 2 heterocycles. The number of nitrogens with one attached hydrogen (secondary N) is 2.